The van der Waals surface area contributed by atoms with Crippen molar-refractivity contribution in [2.24, 2.45) is 0 Å². The molecule has 1 amide bonds. The number of anilines is 3. The van der Waals surface area contributed by atoms with Crippen molar-refractivity contribution in [2.45, 2.75) is 25.8 Å². The van der Waals surface area contributed by atoms with E-state index in [0.29, 0.717) is 23.1 Å². The van der Waals surface area contributed by atoms with Crippen LogP contribution < -0.4 is 15.5 Å². The van der Waals surface area contributed by atoms with Crippen molar-refractivity contribution < 1.29 is 4.79 Å². The third-order valence-electron chi connectivity index (χ3n) is 5.88. The lowest BCUT2D eigenvalue weighted by Gasteiger charge is -2.34. The first kappa shape index (κ1) is 21.0. The first-order valence-electron chi connectivity index (χ1n) is 11.1. The SMILES string of the molecule is Cc1cccc2ccnc(N(C(=O)c3ccc(Nc4ncccn4)nc3)C3CCCNC3)c12. The molecule has 4 aromatic rings. The fourth-order valence-electron chi connectivity index (χ4n) is 4.27. The van der Waals surface area contributed by atoms with Gasteiger partial charge >= 0.3 is 0 Å². The third-order valence-corrected chi connectivity index (χ3v) is 5.88. The molecule has 0 aliphatic carbocycles. The van der Waals surface area contributed by atoms with Crippen molar-refractivity contribution in [3.8, 4) is 0 Å². The van der Waals surface area contributed by atoms with E-state index < -0.39 is 0 Å². The van der Waals surface area contributed by atoms with Crippen LogP contribution in [0.3, 0.4) is 0 Å². The van der Waals surface area contributed by atoms with E-state index in [1.807, 2.05) is 17.0 Å². The summed E-state index contributed by atoms with van der Waals surface area (Å²) in [4.78, 5) is 33.1. The Kier molecular flexibility index (Phi) is 5.91. The number of rotatable bonds is 5. The number of piperidine rings is 1. The fraction of sp³-hybridized carbons (Fsp3) is 0.240. The van der Waals surface area contributed by atoms with Crippen LogP contribution in [-0.2, 0) is 0 Å². The second-order valence-electron chi connectivity index (χ2n) is 8.11. The molecule has 1 unspecified atom stereocenters. The summed E-state index contributed by atoms with van der Waals surface area (Å²) in [6.07, 6.45) is 8.61. The quantitative estimate of drug-likeness (QED) is 0.487. The zero-order valence-electron chi connectivity index (χ0n) is 18.4. The molecule has 1 fully saturated rings. The average molecular weight is 440 g/mol. The van der Waals surface area contributed by atoms with Gasteiger partial charge in [0.2, 0.25) is 5.95 Å². The van der Waals surface area contributed by atoms with Gasteiger partial charge in [-0.2, -0.15) is 0 Å². The monoisotopic (exact) mass is 439 g/mol. The molecule has 1 aliphatic rings. The van der Waals surface area contributed by atoms with Crippen molar-refractivity contribution in [2.75, 3.05) is 23.3 Å². The van der Waals surface area contributed by atoms with Crippen LogP contribution in [0.25, 0.3) is 10.8 Å². The number of pyridine rings is 2. The Morgan fingerprint density at radius 3 is 2.67 bits per heavy atom. The number of benzene rings is 1. The van der Waals surface area contributed by atoms with E-state index in [9.17, 15) is 4.79 Å². The van der Waals surface area contributed by atoms with Gasteiger partial charge in [0.05, 0.1) is 11.6 Å². The number of aryl methyl sites for hydroxylation is 1. The molecule has 0 spiro atoms. The highest BCUT2D eigenvalue weighted by Crippen LogP contribution is 2.31. The molecular weight excluding hydrogens is 414 g/mol. The van der Waals surface area contributed by atoms with E-state index in [1.54, 1.807) is 43.0 Å². The Morgan fingerprint density at radius 1 is 1.03 bits per heavy atom. The van der Waals surface area contributed by atoms with Crippen molar-refractivity contribution in [1.29, 1.82) is 0 Å². The topological polar surface area (TPSA) is 95.9 Å². The Morgan fingerprint density at radius 2 is 1.91 bits per heavy atom. The molecule has 4 heterocycles. The summed E-state index contributed by atoms with van der Waals surface area (Å²) >= 11 is 0. The summed E-state index contributed by atoms with van der Waals surface area (Å²) in [5, 5.41) is 8.55. The highest BCUT2D eigenvalue weighted by Gasteiger charge is 2.30. The molecular formula is C25H25N7O. The maximum atomic E-state index is 13.8. The zero-order valence-corrected chi connectivity index (χ0v) is 18.4. The average Bonchev–Trinajstić information content (AvgIpc) is 2.86. The van der Waals surface area contributed by atoms with Crippen LogP contribution in [0.1, 0.15) is 28.8 Å². The second kappa shape index (κ2) is 9.30. The number of fused-ring (bicyclic) bond motifs is 1. The molecule has 3 aromatic heterocycles. The van der Waals surface area contributed by atoms with Gasteiger partial charge in [0.25, 0.3) is 5.91 Å². The van der Waals surface area contributed by atoms with Crippen LogP contribution >= 0.6 is 0 Å². The van der Waals surface area contributed by atoms with Gasteiger partial charge in [0, 0.05) is 36.7 Å². The van der Waals surface area contributed by atoms with Gasteiger partial charge < -0.3 is 10.6 Å². The molecule has 8 nitrogen and oxygen atoms in total. The highest BCUT2D eigenvalue weighted by atomic mass is 16.2. The minimum Gasteiger partial charge on any atom is -0.315 e. The lowest BCUT2D eigenvalue weighted by atomic mass is 10.0. The first-order valence-corrected chi connectivity index (χ1v) is 11.1. The van der Waals surface area contributed by atoms with Gasteiger partial charge in [-0.1, -0.05) is 18.2 Å². The summed E-state index contributed by atoms with van der Waals surface area (Å²) in [6.45, 7) is 3.75. The number of nitrogens with one attached hydrogen (secondary N) is 2. The summed E-state index contributed by atoms with van der Waals surface area (Å²) in [7, 11) is 0. The standard InChI is InChI=1S/C25H25N7O/c1-17-5-2-6-18-10-14-27-23(22(17)18)32(20-7-3-11-26-16-20)24(33)19-8-9-21(30-15-19)31-25-28-12-4-13-29-25/h2,4-6,8-10,12-15,20,26H,3,7,11,16H2,1H3,(H,28,29,30,31). The minimum absolute atomic E-state index is 0.0134. The molecule has 1 atom stereocenters. The number of hydrogen-bond acceptors (Lipinski definition) is 7. The molecule has 0 radical (unpaired) electrons. The third kappa shape index (κ3) is 4.38. The molecule has 166 valence electrons. The summed E-state index contributed by atoms with van der Waals surface area (Å²) in [5.41, 5.74) is 1.60. The van der Waals surface area contributed by atoms with E-state index in [4.69, 9.17) is 4.98 Å². The number of aromatic nitrogens is 4. The Labute approximate surface area is 192 Å². The summed E-state index contributed by atoms with van der Waals surface area (Å²) in [6, 6.07) is 13.4. The number of amides is 1. The lowest BCUT2D eigenvalue weighted by Crippen LogP contribution is -2.49. The van der Waals surface area contributed by atoms with E-state index in [-0.39, 0.29) is 11.9 Å². The van der Waals surface area contributed by atoms with E-state index in [1.165, 1.54) is 0 Å². The van der Waals surface area contributed by atoms with E-state index >= 15 is 0 Å². The van der Waals surface area contributed by atoms with E-state index in [2.05, 4.69) is 44.6 Å². The fourth-order valence-corrected chi connectivity index (χ4v) is 4.27. The predicted molar refractivity (Wildman–Crippen MR) is 129 cm³/mol. The maximum absolute atomic E-state index is 13.8. The molecule has 8 heteroatoms. The molecule has 2 N–H and O–H groups in total. The van der Waals surface area contributed by atoms with Gasteiger partial charge in [-0.15, -0.1) is 0 Å². The van der Waals surface area contributed by atoms with Crippen LogP contribution in [0, 0.1) is 6.92 Å². The molecule has 5 rings (SSSR count). The van der Waals surface area contributed by atoms with Crippen LogP contribution in [0.4, 0.5) is 17.6 Å². The number of hydrogen-bond donors (Lipinski definition) is 2. The van der Waals surface area contributed by atoms with Gasteiger partial charge in [0.1, 0.15) is 11.6 Å². The molecule has 33 heavy (non-hydrogen) atoms. The molecule has 0 saturated carbocycles. The number of nitrogens with zero attached hydrogens (tertiary/aromatic N) is 5. The lowest BCUT2D eigenvalue weighted by molar-refractivity contribution is 0.0971. The van der Waals surface area contributed by atoms with Gasteiger partial charge in [-0.05, 0) is 61.5 Å². The number of carbonyl (C=O) groups excluding carboxylic acids is 1. The summed E-state index contributed by atoms with van der Waals surface area (Å²) in [5.74, 6) is 1.61. The predicted octanol–water partition coefficient (Wildman–Crippen LogP) is 3.87. The van der Waals surface area contributed by atoms with Crippen molar-refractivity contribution in [1.82, 2.24) is 25.3 Å². The van der Waals surface area contributed by atoms with Gasteiger partial charge in [0.15, 0.2) is 0 Å². The summed E-state index contributed by atoms with van der Waals surface area (Å²) < 4.78 is 0. The minimum atomic E-state index is -0.109. The van der Waals surface area contributed by atoms with Gasteiger partial charge in [-0.3, -0.25) is 9.69 Å². The van der Waals surface area contributed by atoms with Gasteiger partial charge in [-0.25, -0.2) is 19.9 Å². The molecule has 1 saturated heterocycles. The smallest absolute Gasteiger partial charge is 0.261 e. The van der Waals surface area contributed by atoms with E-state index in [0.717, 1.165) is 42.3 Å². The van der Waals surface area contributed by atoms with Crippen LogP contribution in [0.15, 0.2) is 67.3 Å². The van der Waals surface area contributed by atoms with Crippen LogP contribution in [0.5, 0.6) is 0 Å². The zero-order chi connectivity index (χ0) is 22.6. The highest BCUT2D eigenvalue weighted by molar-refractivity contribution is 6.10. The molecule has 1 aromatic carbocycles. The van der Waals surface area contributed by atoms with Crippen LogP contribution in [-0.4, -0.2) is 45.0 Å². The molecule has 1 aliphatic heterocycles. The maximum Gasteiger partial charge on any atom is 0.261 e. The normalized spacial score (nSPS) is 15.8. The largest absolute Gasteiger partial charge is 0.315 e. The Balaban J connectivity index is 1.51. The molecule has 0 bridgehead atoms. The van der Waals surface area contributed by atoms with Crippen molar-refractivity contribution in [3.63, 3.8) is 0 Å². The Bertz CT molecular complexity index is 1250. The van der Waals surface area contributed by atoms with Crippen LogP contribution in [0.2, 0.25) is 0 Å². The number of carbonyl (C=O) groups is 1. The Hall–Kier alpha value is -3.91. The first-order chi connectivity index (χ1) is 16.2. The van der Waals surface area contributed by atoms with Crippen molar-refractivity contribution >= 4 is 34.3 Å². The second-order valence-corrected chi connectivity index (χ2v) is 8.11. The van der Waals surface area contributed by atoms with Crippen molar-refractivity contribution in [3.05, 3.63) is 78.4 Å².